The van der Waals surface area contributed by atoms with Gasteiger partial charge in [-0.3, -0.25) is 5.10 Å². The normalized spacial score (nSPS) is 10.4. The van der Waals surface area contributed by atoms with E-state index in [-0.39, 0.29) is 5.56 Å². The molecule has 0 saturated carbocycles. The zero-order valence-corrected chi connectivity index (χ0v) is 10.4. The van der Waals surface area contributed by atoms with Crippen LogP contribution in [0.5, 0.6) is 5.75 Å². The third kappa shape index (κ3) is 1.95. The molecule has 1 aromatic carbocycles. The zero-order valence-electron chi connectivity index (χ0n) is 10.4. The second kappa shape index (κ2) is 4.52. The molecule has 2 aromatic rings. The van der Waals surface area contributed by atoms with E-state index in [9.17, 15) is 4.79 Å². The van der Waals surface area contributed by atoms with Gasteiger partial charge in [0.1, 0.15) is 11.3 Å². The molecule has 0 fully saturated rings. The number of carbonyl (C=O) groups is 1. The van der Waals surface area contributed by atoms with Gasteiger partial charge in [-0.25, -0.2) is 4.79 Å². The number of carboxylic acid groups (broad SMARTS) is 1. The smallest absolute Gasteiger partial charge is 0.339 e. The van der Waals surface area contributed by atoms with Crippen LogP contribution in [0.4, 0.5) is 0 Å². The van der Waals surface area contributed by atoms with Gasteiger partial charge in [-0.05, 0) is 31.0 Å². The summed E-state index contributed by atoms with van der Waals surface area (Å²) in [7, 11) is 1.56. The van der Waals surface area contributed by atoms with Crippen molar-refractivity contribution in [3.63, 3.8) is 0 Å². The van der Waals surface area contributed by atoms with Crippen LogP contribution in [0.1, 0.15) is 21.5 Å². The standard InChI is InChI=1S/C13H14N2O3/c1-7-4-8(2)11(10(5-7)18-3)12-9(13(16)17)6-14-15-12/h4-6H,1-3H3,(H,14,15)(H,16,17). The highest BCUT2D eigenvalue weighted by Crippen LogP contribution is 2.34. The van der Waals surface area contributed by atoms with Gasteiger partial charge in [-0.2, -0.15) is 5.10 Å². The van der Waals surface area contributed by atoms with Gasteiger partial charge in [-0.15, -0.1) is 0 Å². The fourth-order valence-corrected chi connectivity index (χ4v) is 2.05. The molecule has 5 heteroatoms. The average Bonchev–Trinajstić information content (AvgIpc) is 2.76. The van der Waals surface area contributed by atoms with Crippen molar-refractivity contribution in [1.82, 2.24) is 10.2 Å². The van der Waals surface area contributed by atoms with Crippen LogP contribution in [0.25, 0.3) is 11.3 Å². The Balaban J connectivity index is 2.70. The molecule has 2 rings (SSSR count). The SMILES string of the molecule is COc1cc(C)cc(C)c1-c1[nH]ncc1C(=O)O. The number of hydrogen-bond acceptors (Lipinski definition) is 3. The van der Waals surface area contributed by atoms with Crippen molar-refractivity contribution in [2.45, 2.75) is 13.8 Å². The number of rotatable bonds is 3. The van der Waals surface area contributed by atoms with Crippen LogP contribution in [0.3, 0.4) is 0 Å². The number of aromatic nitrogens is 2. The average molecular weight is 246 g/mol. The maximum Gasteiger partial charge on any atom is 0.339 e. The minimum absolute atomic E-state index is 0.139. The molecular formula is C13H14N2O3. The summed E-state index contributed by atoms with van der Waals surface area (Å²) in [5.41, 5.74) is 3.35. The van der Waals surface area contributed by atoms with E-state index in [1.807, 2.05) is 26.0 Å². The largest absolute Gasteiger partial charge is 0.496 e. The first-order valence-corrected chi connectivity index (χ1v) is 5.47. The lowest BCUT2D eigenvalue weighted by molar-refractivity contribution is 0.0698. The summed E-state index contributed by atoms with van der Waals surface area (Å²) in [5.74, 6) is -0.375. The molecule has 0 saturated heterocycles. The minimum atomic E-state index is -1.01. The predicted octanol–water partition coefficient (Wildman–Crippen LogP) is 2.40. The molecule has 1 heterocycles. The van der Waals surface area contributed by atoms with Crippen molar-refractivity contribution in [2.24, 2.45) is 0 Å². The summed E-state index contributed by atoms with van der Waals surface area (Å²) < 4.78 is 5.32. The molecule has 2 N–H and O–H groups in total. The molecule has 18 heavy (non-hydrogen) atoms. The number of nitrogens with one attached hydrogen (secondary N) is 1. The van der Waals surface area contributed by atoms with Crippen LogP contribution in [-0.2, 0) is 0 Å². The van der Waals surface area contributed by atoms with E-state index >= 15 is 0 Å². The Morgan fingerprint density at radius 2 is 2.11 bits per heavy atom. The molecule has 0 aliphatic heterocycles. The molecule has 0 amide bonds. The Kier molecular flexibility index (Phi) is 3.06. The van der Waals surface area contributed by atoms with Crippen molar-refractivity contribution in [3.05, 3.63) is 35.0 Å². The van der Waals surface area contributed by atoms with Crippen molar-refractivity contribution in [1.29, 1.82) is 0 Å². The number of ether oxygens (including phenoxy) is 1. The molecular weight excluding hydrogens is 232 g/mol. The summed E-state index contributed by atoms with van der Waals surface area (Å²) in [6, 6.07) is 3.85. The van der Waals surface area contributed by atoms with Gasteiger partial charge in [0, 0.05) is 5.56 Å². The van der Waals surface area contributed by atoms with E-state index in [1.54, 1.807) is 7.11 Å². The van der Waals surface area contributed by atoms with Crippen LogP contribution < -0.4 is 4.74 Å². The summed E-state index contributed by atoms with van der Waals surface area (Å²) in [4.78, 5) is 11.1. The molecule has 5 nitrogen and oxygen atoms in total. The maximum absolute atomic E-state index is 11.1. The van der Waals surface area contributed by atoms with Crippen molar-refractivity contribution < 1.29 is 14.6 Å². The van der Waals surface area contributed by atoms with Gasteiger partial charge in [0.05, 0.1) is 19.0 Å². The maximum atomic E-state index is 11.1. The molecule has 0 aliphatic carbocycles. The number of hydrogen-bond donors (Lipinski definition) is 2. The van der Waals surface area contributed by atoms with Gasteiger partial charge in [-0.1, -0.05) is 6.07 Å². The van der Waals surface area contributed by atoms with Crippen LogP contribution in [0.2, 0.25) is 0 Å². The lowest BCUT2D eigenvalue weighted by Crippen LogP contribution is -2.00. The number of nitrogens with zero attached hydrogens (tertiary/aromatic N) is 1. The monoisotopic (exact) mass is 246 g/mol. The summed E-state index contributed by atoms with van der Waals surface area (Å²) in [5, 5.41) is 15.6. The van der Waals surface area contributed by atoms with E-state index in [1.165, 1.54) is 6.20 Å². The predicted molar refractivity (Wildman–Crippen MR) is 67.0 cm³/mol. The Morgan fingerprint density at radius 3 is 2.72 bits per heavy atom. The molecule has 0 unspecified atom stereocenters. The summed E-state index contributed by atoms with van der Waals surface area (Å²) in [6.07, 6.45) is 1.30. The quantitative estimate of drug-likeness (QED) is 0.872. The van der Waals surface area contributed by atoms with Gasteiger partial charge >= 0.3 is 5.97 Å². The summed E-state index contributed by atoms with van der Waals surface area (Å²) >= 11 is 0. The van der Waals surface area contributed by atoms with E-state index < -0.39 is 5.97 Å². The van der Waals surface area contributed by atoms with Gasteiger partial charge in [0.2, 0.25) is 0 Å². The number of aromatic carboxylic acids is 1. The number of carboxylic acids is 1. The Morgan fingerprint density at radius 1 is 1.39 bits per heavy atom. The minimum Gasteiger partial charge on any atom is -0.496 e. The van der Waals surface area contributed by atoms with Crippen LogP contribution >= 0.6 is 0 Å². The van der Waals surface area contributed by atoms with Gasteiger partial charge in [0.25, 0.3) is 0 Å². The van der Waals surface area contributed by atoms with Crippen LogP contribution in [0.15, 0.2) is 18.3 Å². The Bertz CT molecular complexity index is 602. The van der Waals surface area contributed by atoms with E-state index in [0.29, 0.717) is 11.4 Å². The molecule has 0 radical (unpaired) electrons. The van der Waals surface area contributed by atoms with Gasteiger partial charge < -0.3 is 9.84 Å². The first kappa shape index (κ1) is 12.2. The molecule has 0 atom stereocenters. The molecule has 94 valence electrons. The lowest BCUT2D eigenvalue weighted by Gasteiger charge is -2.12. The molecule has 0 spiro atoms. The zero-order chi connectivity index (χ0) is 13.3. The van der Waals surface area contributed by atoms with Crippen LogP contribution in [-0.4, -0.2) is 28.4 Å². The highest BCUT2D eigenvalue weighted by Gasteiger charge is 2.19. The first-order valence-electron chi connectivity index (χ1n) is 5.47. The Labute approximate surface area is 104 Å². The second-order valence-electron chi connectivity index (χ2n) is 4.12. The molecule has 0 bridgehead atoms. The van der Waals surface area contributed by atoms with E-state index in [2.05, 4.69) is 10.2 Å². The highest BCUT2D eigenvalue weighted by molar-refractivity contribution is 5.96. The van der Waals surface area contributed by atoms with Gasteiger partial charge in [0.15, 0.2) is 0 Å². The fraction of sp³-hybridized carbons (Fsp3) is 0.231. The van der Waals surface area contributed by atoms with Crippen molar-refractivity contribution in [2.75, 3.05) is 7.11 Å². The third-order valence-corrected chi connectivity index (χ3v) is 2.78. The number of H-pyrrole nitrogens is 1. The number of aryl methyl sites for hydroxylation is 2. The van der Waals surface area contributed by atoms with Crippen molar-refractivity contribution >= 4 is 5.97 Å². The first-order chi connectivity index (χ1) is 8.54. The number of aromatic amines is 1. The van der Waals surface area contributed by atoms with E-state index in [4.69, 9.17) is 9.84 Å². The highest BCUT2D eigenvalue weighted by atomic mass is 16.5. The topological polar surface area (TPSA) is 75.2 Å². The second-order valence-corrected chi connectivity index (χ2v) is 4.12. The fourth-order valence-electron chi connectivity index (χ4n) is 2.05. The number of methoxy groups -OCH3 is 1. The van der Waals surface area contributed by atoms with Crippen LogP contribution in [0, 0.1) is 13.8 Å². The number of benzene rings is 1. The lowest BCUT2D eigenvalue weighted by atomic mass is 9.99. The van der Waals surface area contributed by atoms with E-state index in [0.717, 1.165) is 16.7 Å². The van der Waals surface area contributed by atoms with Crippen molar-refractivity contribution in [3.8, 4) is 17.0 Å². The molecule has 0 aliphatic rings. The molecule has 1 aromatic heterocycles. The third-order valence-electron chi connectivity index (χ3n) is 2.78. The summed E-state index contributed by atoms with van der Waals surface area (Å²) in [6.45, 7) is 3.88. The Hall–Kier alpha value is -2.30.